The average Bonchev–Trinajstić information content (AvgIpc) is 3.97. The maximum absolute atomic E-state index is 7.20. The minimum atomic E-state index is -0.116. The Bertz CT molecular complexity index is 3800. The molecule has 1 fully saturated rings. The summed E-state index contributed by atoms with van der Waals surface area (Å²) < 4.78 is 9.94. The third-order valence-electron chi connectivity index (χ3n) is 19.2. The topological polar surface area (TPSA) is 19.6 Å². The van der Waals surface area contributed by atoms with Crippen LogP contribution in [0.15, 0.2) is 120 Å². The Morgan fingerprint density at radius 2 is 1.24 bits per heavy atom. The van der Waals surface area contributed by atoms with Crippen molar-refractivity contribution in [1.82, 2.24) is 0 Å². The van der Waals surface area contributed by atoms with Gasteiger partial charge in [-0.05, 0) is 147 Å². The van der Waals surface area contributed by atoms with E-state index in [9.17, 15) is 0 Å². The van der Waals surface area contributed by atoms with Gasteiger partial charge in [-0.25, -0.2) is 0 Å². The highest BCUT2D eigenvalue weighted by Gasteiger charge is 2.63. The summed E-state index contributed by atoms with van der Waals surface area (Å²) in [6, 6.07) is 45.5. The van der Waals surface area contributed by atoms with Crippen LogP contribution in [-0.2, 0) is 27.1 Å². The van der Waals surface area contributed by atoms with Gasteiger partial charge in [0.25, 0.3) is 0 Å². The van der Waals surface area contributed by atoms with Gasteiger partial charge >= 0.3 is 6.85 Å². The molecule has 3 nitrogen and oxygen atoms in total. The molecule has 5 heteroatoms. The largest absolute Gasteiger partial charge is 0.456 e. The normalized spacial score (nSPS) is 21.7. The number of thiophene rings is 1. The number of hydrogen-bond acceptors (Lipinski definition) is 4. The molecule has 0 bridgehead atoms. The molecule has 0 amide bonds. The Morgan fingerprint density at radius 3 is 1.99 bits per heavy atom. The molecule has 3 aliphatic heterocycles. The fourth-order valence-corrected chi connectivity index (χ4v) is 15.9. The van der Waals surface area contributed by atoms with Crippen LogP contribution in [-0.4, -0.2) is 12.4 Å². The number of nitrogens with zero attached hydrogens (tertiary/aromatic N) is 2. The fraction of sp³-hybridized carbons (Fsp3) is 0.364. The zero-order valence-electron chi connectivity index (χ0n) is 44.0. The molecule has 2 atom stereocenters. The van der Waals surface area contributed by atoms with Crippen LogP contribution in [0.4, 0.5) is 22.7 Å². The SMILES string of the molecule is CC(C)(C)c1ccc(N2c3cc4oc5ccccc5c4c4c3B(c3ccc5sc6cc7c(cc6c5c32)C(C)(C)CCC7(C)C)N2c3c-4cc(C(C)(C)C)cc3C3(C)CCCCC23C)c(-c2ccccc2)c1. The van der Waals surface area contributed by atoms with E-state index in [1.54, 1.807) is 5.56 Å². The van der Waals surface area contributed by atoms with E-state index in [1.807, 2.05) is 11.3 Å². The zero-order chi connectivity index (χ0) is 49.1. The second kappa shape index (κ2) is 14.0. The second-order valence-electron chi connectivity index (χ2n) is 26.2. The van der Waals surface area contributed by atoms with Gasteiger partial charge in [0.1, 0.15) is 11.2 Å². The third kappa shape index (κ3) is 5.74. The van der Waals surface area contributed by atoms with Crippen LogP contribution in [0.5, 0.6) is 0 Å². The summed E-state index contributed by atoms with van der Waals surface area (Å²) >= 11 is 1.99. The molecule has 71 heavy (non-hydrogen) atoms. The lowest BCUT2D eigenvalue weighted by Crippen LogP contribution is -2.70. The van der Waals surface area contributed by atoms with Crippen LogP contribution in [0.25, 0.3) is 64.4 Å². The van der Waals surface area contributed by atoms with Crippen LogP contribution in [0.2, 0.25) is 0 Å². The summed E-state index contributed by atoms with van der Waals surface area (Å²) in [5, 5.41) is 5.21. The highest BCUT2D eigenvalue weighted by atomic mass is 32.1. The molecule has 1 saturated carbocycles. The average molecular weight is 947 g/mol. The van der Waals surface area contributed by atoms with E-state index in [4.69, 9.17) is 4.42 Å². The predicted octanol–water partition coefficient (Wildman–Crippen LogP) is 17.5. The summed E-state index contributed by atoms with van der Waals surface area (Å²) in [6.45, 7) is 29.5. The first-order chi connectivity index (χ1) is 33.7. The van der Waals surface area contributed by atoms with Crippen molar-refractivity contribution in [2.75, 3.05) is 9.71 Å². The van der Waals surface area contributed by atoms with Gasteiger partial charge in [-0.15, -0.1) is 11.3 Å². The number of rotatable bonds is 2. The molecule has 0 saturated heterocycles. The molecule has 2 unspecified atom stereocenters. The Balaban J connectivity index is 1.20. The molecule has 0 spiro atoms. The van der Waals surface area contributed by atoms with Crippen LogP contribution >= 0.6 is 11.3 Å². The minimum absolute atomic E-state index is 0.0256. The first kappa shape index (κ1) is 44.0. The number of para-hydroxylation sites is 1. The van der Waals surface area contributed by atoms with E-state index in [-0.39, 0.29) is 39.5 Å². The number of fused-ring (bicyclic) bond motifs is 16. The summed E-state index contributed by atoms with van der Waals surface area (Å²) in [5.41, 5.74) is 22.4. The van der Waals surface area contributed by atoms with Crippen LogP contribution in [0.3, 0.4) is 0 Å². The van der Waals surface area contributed by atoms with Crippen molar-refractivity contribution in [1.29, 1.82) is 0 Å². The second-order valence-corrected chi connectivity index (χ2v) is 27.3. The smallest absolute Gasteiger partial charge is 0.328 e. The summed E-state index contributed by atoms with van der Waals surface area (Å²) in [6.07, 6.45) is 7.22. The van der Waals surface area contributed by atoms with Crippen molar-refractivity contribution in [3.8, 4) is 22.3 Å². The number of anilines is 4. The van der Waals surface area contributed by atoms with Gasteiger partial charge in [0, 0.05) is 70.5 Å². The number of hydrogen-bond donors (Lipinski definition) is 0. The molecule has 14 rings (SSSR count). The highest BCUT2D eigenvalue weighted by molar-refractivity contribution is 7.26. The lowest BCUT2D eigenvalue weighted by atomic mass is 9.42. The molecular formula is C66H67BN2OS. The van der Waals surface area contributed by atoms with Crippen molar-refractivity contribution in [3.63, 3.8) is 0 Å². The molecule has 0 radical (unpaired) electrons. The quantitative estimate of drug-likeness (QED) is 0.161. The first-order valence-electron chi connectivity index (χ1n) is 26.7. The first-order valence-corrected chi connectivity index (χ1v) is 27.5. The summed E-state index contributed by atoms with van der Waals surface area (Å²) in [4.78, 5) is 5.77. The Kier molecular flexibility index (Phi) is 8.69. The molecule has 2 aromatic heterocycles. The van der Waals surface area contributed by atoms with E-state index in [0.29, 0.717) is 0 Å². The van der Waals surface area contributed by atoms with Gasteiger partial charge in [-0.2, -0.15) is 0 Å². The van der Waals surface area contributed by atoms with Crippen molar-refractivity contribution >= 4 is 94.0 Å². The predicted molar refractivity (Wildman–Crippen MR) is 307 cm³/mol. The van der Waals surface area contributed by atoms with E-state index in [1.165, 1.54) is 141 Å². The van der Waals surface area contributed by atoms with Crippen LogP contribution in [0, 0.1) is 0 Å². The molecule has 356 valence electrons. The molecule has 2 aliphatic carbocycles. The Morgan fingerprint density at radius 1 is 0.549 bits per heavy atom. The molecule has 0 N–H and O–H groups in total. The van der Waals surface area contributed by atoms with Crippen LogP contribution in [0.1, 0.15) is 149 Å². The Labute approximate surface area is 425 Å². The number of benzene rings is 7. The van der Waals surface area contributed by atoms with E-state index in [0.717, 1.165) is 17.6 Å². The van der Waals surface area contributed by atoms with E-state index in [2.05, 4.69) is 208 Å². The van der Waals surface area contributed by atoms with Crippen molar-refractivity contribution < 1.29 is 4.42 Å². The van der Waals surface area contributed by atoms with Crippen molar-refractivity contribution in [2.45, 2.75) is 154 Å². The molecular weight excluding hydrogens is 880 g/mol. The molecule has 7 aromatic carbocycles. The maximum Gasteiger partial charge on any atom is 0.328 e. The van der Waals surface area contributed by atoms with Gasteiger partial charge in [-0.1, -0.05) is 156 Å². The lowest BCUT2D eigenvalue weighted by Gasteiger charge is -2.55. The van der Waals surface area contributed by atoms with Gasteiger partial charge < -0.3 is 14.1 Å². The molecule has 5 aliphatic rings. The summed E-state index contributed by atoms with van der Waals surface area (Å²) in [5.74, 6) is 0. The van der Waals surface area contributed by atoms with Gasteiger partial charge in [0.05, 0.1) is 11.4 Å². The van der Waals surface area contributed by atoms with Crippen molar-refractivity contribution in [3.05, 3.63) is 143 Å². The van der Waals surface area contributed by atoms with E-state index >= 15 is 0 Å². The summed E-state index contributed by atoms with van der Waals surface area (Å²) in [7, 11) is 0. The third-order valence-corrected chi connectivity index (χ3v) is 20.3. The maximum atomic E-state index is 7.20. The highest BCUT2D eigenvalue weighted by Crippen LogP contribution is 2.65. The molecule has 9 aromatic rings. The molecule has 5 heterocycles. The lowest BCUT2D eigenvalue weighted by molar-refractivity contribution is 0.199. The van der Waals surface area contributed by atoms with Gasteiger partial charge in [0.2, 0.25) is 0 Å². The van der Waals surface area contributed by atoms with E-state index < -0.39 is 0 Å². The van der Waals surface area contributed by atoms with Crippen LogP contribution < -0.4 is 20.6 Å². The van der Waals surface area contributed by atoms with Crippen molar-refractivity contribution in [2.24, 2.45) is 0 Å². The van der Waals surface area contributed by atoms with Gasteiger partial charge in [0.15, 0.2) is 0 Å². The monoisotopic (exact) mass is 947 g/mol. The zero-order valence-corrected chi connectivity index (χ0v) is 44.8. The Hall–Kier alpha value is -5.78. The standard InChI is InChI=1S/C66H67BN2OS/c1-61(2,3)39-24-26-49(42(32-39)38-20-14-13-15-21-38)68-50-37-52-55(41-22-16-17-23-51(41)70-52)57-44-33-40(62(4,5)6)34-47-59(44)69(66(12)29-19-18-28-65(47,66)11)67(58(50)57)48-25-27-53-56(60(48)68)43-35-45-46(36-54(43)71-53)64(9,10)31-30-63(45,7)8/h13-17,20-27,32-37H,18-19,28-31H2,1-12H3. The fourth-order valence-electron chi connectivity index (χ4n) is 14.8. The minimum Gasteiger partial charge on any atom is -0.456 e. The van der Waals surface area contributed by atoms with Gasteiger partial charge in [-0.3, -0.25) is 0 Å². The number of furan rings is 1.